The SMILES string of the molecule is Cc1cc(O)ccc1C[C@H](N)C(=O)N(CCCc1ccccc1)[C@H](C)C(N)=O. The third-order valence-corrected chi connectivity index (χ3v) is 4.95. The van der Waals surface area contributed by atoms with Crippen LogP contribution < -0.4 is 11.5 Å². The molecule has 0 fully saturated rings. The van der Waals surface area contributed by atoms with Crippen molar-refractivity contribution in [2.75, 3.05) is 6.54 Å². The van der Waals surface area contributed by atoms with E-state index in [-0.39, 0.29) is 11.7 Å². The van der Waals surface area contributed by atoms with Crippen molar-refractivity contribution in [2.24, 2.45) is 11.5 Å². The molecule has 6 nitrogen and oxygen atoms in total. The first kappa shape index (κ1) is 21.4. The average Bonchev–Trinajstić information content (AvgIpc) is 2.67. The van der Waals surface area contributed by atoms with Crippen LogP contribution in [0.1, 0.15) is 30.0 Å². The molecule has 6 heteroatoms. The first-order valence-electron chi connectivity index (χ1n) is 9.47. The predicted molar refractivity (Wildman–Crippen MR) is 110 cm³/mol. The van der Waals surface area contributed by atoms with E-state index in [0.717, 1.165) is 17.5 Å². The van der Waals surface area contributed by atoms with Crippen LogP contribution in [0.4, 0.5) is 0 Å². The van der Waals surface area contributed by atoms with E-state index in [4.69, 9.17) is 11.5 Å². The van der Waals surface area contributed by atoms with Gasteiger partial charge in [-0.3, -0.25) is 9.59 Å². The number of amides is 2. The smallest absolute Gasteiger partial charge is 0.240 e. The lowest BCUT2D eigenvalue weighted by atomic mass is 9.99. The maximum Gasteiger partial charge on any atom is 0.240 e. The van der Waals surface area contributed by atoms with Crippen LogP contribution in [0.25, 0.3) is 0 Å². The van der Waals surface area contributed by atoms with Gasteiger partial charge in [-0.05, 0) is 61.9 Å². The van der Waals surface area contributed by atoms with Crippen molar-refractivity contribution in [3.63, 3.8) is 0 Å². The fraction of sp³-hybridized carbons (Fsp3) is 0.364. The fourth-order valence-electron chi connectivity index (χ4n) is 3.19. The molecule has 2 rings (SSSR count). The zero-order valence-corrected chi connectivity index (χ0v) is 16.5. The molecular weight excluding hydrogens is 354 g/mol. The Kier molecular flexibility index (Phi) is 7.58. The zero-order valence-electron chi connectivity index (χ0n) is 16.5. The van der Waals surface area contributed by atoms with Crippen molar-refractivity contribution in [2.45, 2.75) is 45.2 Å². The number of primary amides is 1. The van der Waals surface area contributed by atoms with Gasteiger partial charge < -0.3 is 21.5 Å². The molecule has 150 valence electrons. The van der Waals surface area contributed by atoms with Crippen LogP contribution in [0.5, 0.6) is 5.75 Å². The van der Waals surface area contributed by atoms with E-state index in [1.807, 2.05) is 37.3 Å². The van der Waals surface area contributed by atoms with Crippen LogP contribution in [-0.2, 0) is 22.4 Å². The number of carbonyl (C=O) groups excluding carboxylic acids is 2. The molecule has 5 N–H and O–H groups in total. The van der Waals surface area contributed by atoms with E-state index in [2.05, 4.69) is 0 Å². The number of phenols is 1. The molecule has 2 aromatic rings. The minimum Gasteiger partial charge on any atom is -0.508 e. The quantitative estimate of drug-likeness (QED) is 0.614. The summed E-state index contributed by atoms with van der Waals surface area (Å²) in [4.78, 5) is 26.1. The Balaban J connectivity index is 2.05. The second kappa shape index (κ2) is 9.90. The highest BCUT2D eigenvalue weighted by Gasteiger charge is 2.28. The molecule has 0 unspecified atom stereocenters. The molecule has 2 atom stereocenters. The summed E-state index contributed by atoms with van der Waals surface area (Å²) in [7, 11) is 0. The number of rotatable bonds is 9. The van der Waals surface area contributed by atoms with Crippen LogP contribution in [0.15, 0.2) is 48.5 Å². The fourth-order valence-corrected chi connectivity index (χ4v) is 3.19. The lowest BCUT2D eigenvalue weighted by Gasteiger charge is -2.30. The highest BCUT2D eigenvalue weighted by molar-refractivity contribution is 5.88. The third-order valence-electron chi connectivity index (χ3n) is 4.95. The number of carbonyl (C=O) groups is 2. The Morgan fingerprint density at radius 2 is 1.82 bits per heavy atom. The maximum absolute atomic E-state index is 13.0. The molecule has 2 aromatic carbocycles. The van der Waals surface area contributed by atoms with E-state index in [1.165, 1.54) is 10.5 Å². The number of aryl methyl sites for hydroxylation is 2. The summed E-state index contributed by atoms with van der Waals surface area (Å²) in [6.45, 7) is 3.89. The van der Waals surface area contributed by atoms with E-state index < -0.39 is 18.0 Å². The minimum atomic E-state index is -0.790. The number of aromatic hydroxyl groups is 1. The maximum atomic E-state index is 13.0. The van der Waals surface area contributed by atoms with Gasteiger partial charge in [-0.1, -0.05) is 36.4 Å². The lowest BCUT2D eigenvalue weighted by Crippen LogP contribution is -2.53. The van der Waals surface area contributed by atoms with Crippen molar-refractivity contribution in [3.8, 4) is 5.75 Å². The molecule has 0 spiro atoms. The van der Waals surface area contributed by atoms with Crippen LogP contribution in [-0.4, -0.2) is 40.4 Å². The summed E-state index contributed by atoms with van der Waals surface area (Å²) in [6, 6.07) is 13.4. The molecule has 0 aromatic heterocycles. The molecular formula is C22H29N3O3. The summed E-state index contributed by atoms with van der Waals surface area (Å²) in [5.74, 6) is -0.682. The van der Waals surface area contributed by atoms with Crippen molar-refractivity contribution >= 4 is 11.8 Å². The van der Waals surface area contributed by atoms with Crippen molar-refractivity contribution in [1.82, 2.24) is 4.90 Å². The predicted octanol–water partition coefficient (Wildman–Crippen LogP) is 1.91. The highest BCUT2D eigenvalue weighted by Crippen LogP contribution is 2.18. The van der Waals surface area contributed by atoms with Gasteiger partial charge in [0.05, 0.1) is 6.04 Å². The monoisotopic (exact) mass is 383 g/mol. The van der Waals surface area contributed by atoms with Gasteiger partial charge in [-0.2, -0.15) is 0 Å². The number of nitrogens with two attached hydrogens (primary N) is 2. The van der Waals surface area contributed by atoms with Gasteiger partial charge in [0.1, 0.15) is 11.8 Å². The molecule has 28 heavy (non-hydrogen) atoms. The van der Waals surface area contributed by atoms with Crippen LogP contribution in [0.3, 0.4) is 0 Å². The van der Waals surface area contributed by atoms with Gasteiger partial charge in [0.25, 0.3) is 0 Å². The number of nitrogens with zero attached hydrogens (tertiary/aromatic N) is 1. The molecule has 0 saturated heterocycles. The Labute approximate surface area is 166 Å². The standard InChI is InChI=1S/C22H29N3O3/c1-15-13-19(26)11-10-18(15)14-20(23)22(28)25(16(2)21(24)27)12-6-9-17-7-4-3-5-8-17/h3-5,7-8,10-11,13,16,20,26H,6,9,12,14,23H2,1-2H3,(H2,24,27)/t16-,20+/m1/s1. The first-order valence-corrected chi connectivity index (χ1v) is 9.47. The first-order chi connectivity index (χ1) is 13.3. The van der Waals surface area contributed by atoms with Gasteiger partial charge >= 0.3 is 0 Å². The second-order valence-corrected chi connectivity index (χ2v) is 7.12. The molecule has 0 aliphatic carbocycles. The summed E-state index contributed by atoms with van der Waals surface area (Å²) >= 11 is 0. The zero-order chi connectivity index (χ0) is 20.7. The minimum absolute atomic E-state index is 0.172. The van der Waals surface area contributed by atoms with E-state index in [1.54, 1.807) is 25.1 Å². The third kappa shape index (κ3) is 5.82. The van der Waals surface area contributed by atoms with Gasteiger partial charge in [0, 0.05) is 6.54 Å². The number of hydrogen-bond acceptors (Lipinski definition) is 4. The molecule has 0 aliphatic rings. The molecule has 0 heterocycles. The summed E-state index contributed by atoms with van der Waals surface area (Å²) in [5.41, 5.74) is 14.5. The normalized spacial score (nSPS) is 13.0. The highest BCUT2D eigenvalue weighted by atomic mass is 16.3. The van der Waals surface area contributed by atoms with Crippen LogP contribution in [0.2, 0.25) is 0 Å². The number of benzene rings is 2. The molecule has 0 saturated carbocycles. The average molecular weight is 383 g/mol. The summed E-state index contributed by atoms with van der Waals surface area (Å²) < 4.78 is 0. The second-order valence-electron chi connectivity index (χ2n) is 7.12. The Morgan fingerprint density at radius 1 is 1.14 bits per heavy atom. The molecule has 2 amide bonds. The van der Waals surface area contributed by atoms with Gasteiger partial charge in [-0.25, -0.2) is 0 Å². The molecule has 0 radical (unpaired) electrons. The van der Waals surface area contributed by atoms with Gasteiger partial charge in [0.15, 0.2) is 0 Å². The van der Waals surface area contributed by atoms with Crippen molar-refractivity contribution < 1.29 is 14.7 Å². The number of phenolic OH excluding ortho intramolecular Hbond substituents is 1. The van der Waals surface area contributed by atoms with E-state index >= 15 is 0 Å². The summed E-state index contributed by atoms with van der Waals surface area (Å²) in [6.07, 6.45) is 1.83. The Morgan fingerprint density at radius 3 is 2.43 bits per heavy atom. The van der Waals surface area contributed by atoms with Crippen molar-refractivity contribution in [1.29, 1.82) is 0 Å². The van der Waals surface area contributed by atoms with Crippen molar-refractivity contribution in [3.05, 3.63) is 65.2 Å². The summed E-state index contributed by atoms with van der Waals surface area (Å²) in [5, 5.41) is 9.54. The van der Waals surface area contributed by atoms with Crippen LogP contribution >= 0.6 is 0 Å². The molecule has 0 aliphatic heterocycles. The molecule has 0 bridgehead atoms. The van der Waals surface area contributed by atoms with Gasteiger partial charge in [-0.15, -0.1) is 0 Å². The van der Waals surface area contributed by atoms with E-state index in [9.17, 15) is 14.7 Å². The lowest BCUT2D eigenvalue weighted by molar-refractivity contribution is -0.139. The Bertz CT molecular complexity index is 808. The Hall–Kier alpha value is -2.86. The number of hydrogen-bond donors (Lipinski definition) is 3. The van der Waals surface area contributed by atoms with Gasteiger partial charge in [0.2, 0.25) is 11.8 Å². The van der Waals surface area contributed by atoms with E-state index in [0.29, 0.717) is 19.4 Å². The topological polar surface area (TPSA) is 110 Å². The largest absolute Gasteiger partial charge is 0.508 e. The van der Waals surface area contributed by atoms with Crippen LogP contribution in [0, 0.1) is 6.92 Å².